The fourth-order valence-electron chi connectivity index (χ4n) is 1.75. The number of hydrogen-bond acceptors (Lipinski definition) is 3. The zero-order valence-electron chi connectivity index (χ0n) is 10.7. The Morgan fingerprint density at radius 3 is 2.72 bits per heavy atom. The van der Waals surface area contributed by atoms with Crippen molar-refractivity contribution in [3.63, 3.8) is 0 Å². The number of aromatic nitrogens is 2. The van der Waals surface area contributed by atoms with Crippen LogP contribution in [0, 0.1) is 13.8 Å². The fraction of sp³-hybridized carbons (Fsp3) is 0.308. The van der Waals surface area contributed by atoms with Crippen LogP contribution in [0.3, 0.4) is 0 Å². The summed E-state index contributed by atoms with van der Waals surface area (Å²) >= 11 is 5.32. The molecule has 0 spiro atoms. The van der Waals surface area contributed by atoms with Crippen molar-refractivity contribution in [2.24, 2.45) is 7.05 Å². The van der Waals surface area contributed by atoms with Crippen molar-refractivity contribution < 1.29 is 0 Å². The van der Waals surface area contributed by atoms with Gasteiger partial charge in [-0.2, -0.15) is 5.10 Å². The van der Waals surface area contributed by atoms with Crippen LogP contribution in [-0.2, 0) is 12.8 Å². The van der Waals surface area contributed by atoms with Crippen LogP contribution in [0.2, 0.25) is 0 Å². The van der Waals surface area contributed by atoms with E-state index in [1.54, 1.807) is 11.8 Å². The molecule has 0 unspecified atom stereocenters. The number of aryl methyl sites for hydroxylation is 3. The summed E-state index contributed by atoms with van der Waals surface area (Å²) in [6, 6.07) is 6.11. The van der Waals surface area contributed by atoms with Crippen molar-refractivity contribution >= 4 is 33.4 Å². The molecule has 2 N–H and O–H groups in total. The first-order valence-corrected chi connectivity index (χ1v) is 7.44. The first-order valence-electron chi connectivity index (χ1n) is 5.66. The molecular weight excluding hydrogens is 310 g/mol. The van der Waals surface area contributed by atoms with Gasteiger partial charge in [-0.15, -0.1) is 11.8 Å². The molecule has 1 heterocycles. The van der Waals surface area contributed by atoms with Crippen LogP contribution in [0.4, 0.5) is 5.69 Å². The Hall–Kier alpha value is -0.940. The second-order valence-electron chi connectivity index (χ2n) is 4.30. The van der Waals surface area contributed by atoms with Gasteiger partial charge in [-0.1, -0.05) is 6.07 Å². The zero-order valence-corrected chi connectivity index (χ0v) is 13.1. The lowest BCUT2D eigenvalue weighted by Gasteiger charge is -2.07. The van der Waals surface area contributed by atoms with Gasteiger partial charge in [-0.05, 0) is 47.5 Å². The summed E-state index contributed by atoms with van der Waals surface area (Å²) in [4.78, 5) is 1.13. The number of rotatable bonds is 3. The Bertz CT molecular complexity index is 578. The third-order valence-electron chi connectivity index (χ3n) is 2.80. The third kappa shape index (κ3) is 2.72. The molecule has 0 bridgehead atoms. The number of benzene rings is 1. The number of halogens is 1. The summed E-state index contributed by atoms with van der Waals surface area (Å²) in [5.41, 5.74) is 10.2. The Labute approximate surface area is 120 Å². The zero-order chi connectivity index (χ0) is 13.3. The second kappa shape index (κ2) is 5.36. The van der Waals surface area contributed by atoms with Gasteiger partial charge < -0.3 is 5.73 Å². The number of nitrogens with two attached hydrogens (primary N) is 1. The molecule has 0 aliphatic rings. The van der Waals surface area contributed by atoms with Gasteiger partial charge in [-0.25, -0.2) is 0 Å². The quantitative estimate of drug-likeness (QED) is 0.691. The summed E-state index contributed by atoms with van der Waals surface area (Å²) in [7, 11) is 1.97. The van der Waals surface area contributed by atoms with E-state index < -0.39 is 0 Å². The van der Waals surface area contributed by atoms with E-state index in [4.69, 9.17) is 5.73 Å². The monoisotopic (exact) mass is 325 g/mol. The standard InChI is InChI=1S/C13H16BrN3S/c1-8-4-5-10(15)12(6-8)18-7-11-13(14)9(2)16-17(11)3/h4-6H,7,15H2,1-3H3. The van der Waals surface area contributed by atoms with Crippen LogP contribution >= 0.6 is 27.7 Å². The maximum Gasteiger partial charge on any atom is 0.0738 e. The van der Waals surface area contributed by atoms with E-state index in [1.807, 2.05) is 30.8 Å². The van der Waals surface area contributed by atoms with Crippen LogP contribution in [0.25, 0.3) is 0 Å². The highest BCUT2D eigenvalue weighted by atomic mass is 79.9. The molecule has 5 heteroatoms. The van der Waals surface area contributed by atoms with Crippen molar-refractivity contribution in [3.05, 3.63) is 39.6 Å². The van der Waals surface area contributed by atoms with Crippen molar-refractivity contribution in [2.45, 2.75) is 24.5 Å². The molecular formula is C13H16BrN3S. The molecule has 2 rings (SSSR count). The van der Waals surface area contributed by atoms with Crippen molar-refractivity contribution in [2.75, 3.05) is 5.73 Å². The van der Waals surface area contributed by atoms with Gasteiger partial charge in [0, 0.05) is 23.4 Å². The highest BCUT2D eigenvalue weighted by Gasteiger charge is 2.11. The molecule has 0 amide bonds. The van der Waals surface area contributed by atoms with E-state index in [1.165, 1.54) is 11.3 Å². The van der Waals surface area contributed by atoms with Gasteiger partial charge in [-0.3, -0.25) is 4.68 Å². The number of thioether (sulfide) groups is 1. The van der Waals surface area contributed by atoms with Gasteiger partial charge in [0.25, 0.3) is 0 Å². The SMILES string of the molecule is Cc1ccc(N)c(SCc2c(Br)c(C)nn2C)c1. The fourth-order valence-corrected chi connectivity index (χ4v) is 3.54. The van der Waals surface area contributed by atoms with Gasteiger partial charge in [0.15, 0.2) is 0 Å². The van der Waals surface area contributed by atoms with E-state index in [-0.39, 0.29) is 0 Å². The Morgan fingerprint density at radius 1 is 1.39 bits per heavy atom. The van der Waals surface area contributed by atoms with Crippen molar-refractivity contribution in [1.29, 1.82) is 0 Å². The lowest BCUT2D eigenvalue weighted by Crippen LogP contribution is -1.97. The summed E-state index contributed by atoms with van der Waals surface area (Å²) in [5.74, 6) is 0.853. The molecule has 1 aromatic carbocycles. The summed E-state index contributed by atoms with van der Waals surface area (Å²) < 4.78 is 3.00. The number of nitrogen functional groups attached to an aromatic ring is 1. The molecule has 1 aromatic heterocycles. The molecule has 0 saturated heterocycles. The average molecular weight is 326 g/mol. The molecule has 96 valence electrons. The smallest absolute Gasteiger partial charge is 0.0738 e. The van der Waals surface area contributed by atoms with Gasteiger partial charge in [0.1, 0.15) is 0 Å². The average Bonchev–Trinajstić information content (AvgIpc) is 2.55. The maximum absolute atomic E-state index is 5.98. The Kier molecular flexibility index (Phi) is 4.02. The lowest BCUT2D eigenvalue weighted by atomic mass is 10.2. The van der Waals surface area contributed by atoms with Crippen LogP contribution in [0.15, 0.2) is 27.6 Å². The molecule has 2 aromatic rings. The Morgan fingerprint density at radius 2 is 2.11 bits per heavy atom. The highest BCUT2D eigenvalue weighted by molar-refractivity contribution is 9.10. The predicted octanol–water partition coefficient (Wildman–Crippen LogP) is 3.67. The van der Waals surface area contributed by atoms with E-state index in [0.717, 1.165) is 26.5 Å². The van der Waals surface area contributed by atoms with E-state index in [9.17, 15) is 0 Å². The Balaban J connectivity index is 2.19. The summed E-state index contributed by atoms with van der Waals surface area (Å²) in [6.45, 7) is 4.08. The second-order valence-corrected chi connectivity index (χ2v) is 6.11. The molecule has 0 radical (unpaired) electrons. The van der Waals surface area contributed by atoms with Crippen LogP contribution in [-0.4, -0.2) is 9.78 Å². The number of anilines is 1. The minimum atomic E-state index is 0.834. The lowest BCUT2D eigenvalue weighted by molar-refractivity contribution is 0.727. The summed E-state index contributed by atoms with van der Waals surface area (Å²) in [6.07, 6.45) is 0. The topological polar surface area (TPSA) is 43.8 Å². The molecule has 0 saturated carbocycles. The van der Waals surface area contributed by atoms with Crippen molar-refractivity contribution in [1.82, 2.24) is 9.78 Å². The van der Waals surface area contributed by atoms with Gasteiger partial charge in [0.05, 0.1) is 15.9 Å². The minimum absolute atomic E-state index is 0.834. The van der Waals surface area contributed by atoms with Crippen LogP contribution < -0.4 is 5.73 Å². The molecule has 18 heavy (non-hydrogen) atoms. The van der Waals surface area contributed by atoms with Crippen LogP contribution in [0.5, 0.6) is 0 Å². The molecule has 0 fully saturated rings. The molecule has 0 aliphatic heterocycles. The first-order chi connectivity index (χ1) is 8.49. The summed E-state index contributed by atoms with van der Waals surface area (Å²) in [5, 5.41) is 4.39. The van der Waals surface area contributed by atoms with Crippen LogP contribution in [0.1, 0.15) is 17.0 Å². The number of hydrogen-bond donors (Lipinski definition) is 1. The third-order valence-corrected chi connectivity index (χ3v) is 4.91. The minimum Gasteiger partial charge on any atom is -0.398 e. The predicted molar refractivity (Wildman–Crippen MR) is 80.8 cm³/mol. The largest absolute Gasteiger partial charge is 0.398 e. The van der Waals surface area contributed by atoms with Crippen molar-refractivity contribution in [3.8, 4) is 0 Å². The molecule has 0 atom stereocenters. The molecule has 0 aliphatic carbocycles. The highest BCUT2D eigenvalue weighted by Crippen LogP contribution is 2.31. The number of nitrogens with zero attached hydrogens (tertiary/aromatic N) is 2. The maximum atomic E-state index is 5.98. The first kappa shape index (κ1) is 13.5. The van der Waals surface area contributed by atoms with Gasteiger partial charge >= 0.3 is 0 Å². The van der Waals surface area contributed by atoms with E-state index in [0.29, 0.717) is 0 Å². The molecule has 3 nitrogen and oxygen atoms in total. The van der Waals surface area contributed by atoms with Gasteiger partial charge in [0.2, 0.25) is 0 Å². The normalized spacial score (nSPS) is 10.9. The van der Waals surface area contributed by atoms with E-state index >= 15 is 0 Å². The van der Waals surface area contributed by atoms with E-state index in [2.05, 4.69) is 34.0 Å².